The van der Waals surface area contributed by atoms with Crippen LogP contribution in [0.2, 0.25) is 0 Å². The van der Waals surface area contributed by atoms with Crippen molar-refractivity contribution >= 4 is 17.6 Å². The lowest BCUT2D eigenvalue weighted by atomic mass is 10.1. The Kier molecular flexibility index (Phi) is 8.75. The summed E-state index contributed by atoms with van der Waals surface area (Å²) in [5.74, 6) is -1.43. The van der Waals surface area contributed by atoms with Gasteiger partial charge in [-0.1, -0.05) is 0 Å². The lowest BCUT2D eigenvalue weighted by Crippen LogP contribution is -2.49. The van der Waals surface area contributed by atoms with Gasteiger partial charge in [-0.15, -0.1) is 0 Å². The van der Waals surface area contributed by atoms with E-state index in [1.54, 1.807) is 19.0 Å². The largest absolute Gasteiger partial charge is 0.489 e. The van der Waals surface area contributed by atoms with Gasteiger partial charge in [0.25, 0.3) is 5.91 Å². The van der Waals surface area contributed by atoms with Crippen LogP contribution in [-0.4, -0.2) is 54.6 Å². The third kappa shape index (κ3) is 7.69. The number of benzene rings is 1. The number of nitrogens with zero attached hydrogens (tertiary/aromatic N) is 4. The van der Waals surface area contributed by atoms with Crippen molar-refractivity contribution in [1.29, 1.82) is 10.5 Å². The summed E-state index contributed by atoms with van der Waals surface area (Å²) in [6.07, 6.45) is -4.04. The van der Waals surface area contributed by atoms with E-state index in [4.69, 9.17) is 20.0 Å². The summed E-state index contributed by atoms with van der Waals surface area (Å²) in [7, 11) is 3.48. The summed E-state index contributed by atoms with van der Waals surface area (Å²) in [6, 6.07) is 9.79. The number of hydrogen-bond donors (Lipinski definition) is 1. The smallest absolute Gasteiger partial charge is 0.419 e. The normalized spacial score (nSPS) is 12.7. The molecule has 0 aliphatic heterocycles. The van der Waals surface area contributed by atoms with Gasteiger partial charge in [0.15, 0.2) is 5.69 Å². The number of nitriles is 2. The van der Waals surface area contributed by atoms with Crippen molar-refractivity contribution in [3.63, 3.8) is 0 Å². The number of aromatic nitrogens is 1. The molecule has 12 heteroatoms. The van der Waals surface area contributed by atoms with Crippen LogP contribution >= 0.6 is 0 Å². The van der Waals surface area contributed by atoms with E-state index < -0.39 is 41.5 Å². The Morgan fingerprint density at radius 1 is 1.14 bits per heavy atom. The molecule has 0 aliphatic carbocycles. The number of pyridine rings is 1. The number of amides is 1. The van der Waals surface area contributed by atoms with Gasteiger partial charge in [0.2, 0.25) is 5.60 Å². The molecule has 1 aromatic heterocycles. The van der Waals surface area contributed by atoms with Gasteiger partial charge in [-0.3, -0.25) is 9.59 Å². The second-order valence-corrected chi connectivity index (χ2v) is 7.87. The SMILES string of the molecule is CN(C)CCC(=O)O[C@@](C)(COc1ccc(C#N)cc1)C(=O)Nc1cnc(C#N)c(C(F)(F)F)c1. The molecular formula is C23H22F3N5O4. The molecule has 0 fully saturated rings. The molecule has 9 nitrogen and oxygen atoms in total. The highest BCUT2D eigenvalue weighted by Gasteiger charge is 2.40. The second-order valence-electron chi connectivity index (χ2n) is 7.87. The van der Waals surface area contributed by atoms with Crippen LogP contribution in [0.3, 0.4) is 0 Å². The first kappa shape index (κ1) is 27.1. The van der Waals surface area contributed by atoms with Crippen molar-refractivity contribution in [1.82, 2.24) is 9.88 Å². The number of esters is 1. The Bertz CT molecular complexity index is 1150. The minimum Gasteiger partial charge on any atom is -0.489 e. The summed E-state index contributed by atoms with van der Waals surface area (Å²) < 4.78 is 50.7. The van der Waals surface area contributed by atoms with Crippen LogP contribution in [0.1, 0.15) is 30.2 Å². The molecular weight excluding hydrogens is 467 g/mol. The van der Waals surface area contributed by atoms with Crippen molar-refractivity contribution < 1.29 is 32.2 Å². The molecule has 1 aromatic carbocycles. The van der Waals surface area contributed by atoms with E-state index in [9.17, 15) is 22.8 Å². The third-order valence-corrected chi connectivity index (χ3v) is 4.64. The van der Waals surface area contributed by atoms with E-state index in [-0.39, 0.29) is 17.9 Å². The van der Waals surface area contributed by atoms with Gasteiger partial charge in [0.1, 0.15) is 18.4 Å². The number of rotatable bonds is 9. The van der Waals surface area contributed by atoms with Gasteiger partial charge in [-0.25, -0.2) is 4.98 Å². The number of nitrogens with one attached hydrogen (secondary N) is 1. The summed E-state index contributed by atoms with van der Waals surface area (Å²) in [6.45, 7) is 1.11. The zero-order chi connectivity index (χ0) is 26.2. The average Bonchev–Trinajstić information content (AvgIpc) is 2.81. The standard InChI is InChI=1S/C23H22F3N5O4/c1-22(35-20(32)8-9-31(2)3,14-34-17-6-4-15(11-27)5-7-17)21(33)30-16-10-18(23(24,25)26)19(12-28)29-13-16/h4-7,10,13H,8-9,14H2,1-3H3,(H,30,33)/t22-/m0/s1. The Balaban J connectivity index is 2.28. The van der Waals surface area contributed by atoms with Crippen molar-refractivity contribution in [2.45, 2.75) is 25.1 Å². The average molecular weight is 489 g/mol. The van der Waals surface area contributed by atoms with Crippen LogP contribution in [0.5, 0.6) is 5.75 Å². The molecule has 0 saturated heterocycles. The van der Waals surface area contributed by atoms with E-state index >= 15 is 0 Å². The maximum Gasteiger partial charge on any atom is 0.419 e. The quantitative estimate of drug-likeness (QED) is 0.532. The van der Waals surface area contributed by atoms with E-state index in [0.29, 0.717) is 18.2 Å². The zero-order valence-electron chi connectivity index (χ0n) is 19.1. The second kappa shape index (κ2) is 11.3. The zero-order valence-corrected chi connectivity index (χ0v) is 19.1. The maximum atomic E-state index is 13.3. The predicted octanol–water partition coefficient (Wildman–Crippen LogP) is 3.11. The van der Waals surface area contributed by atoms with Crippen molar-refractivity contribution in [3.8, 4) is 17.9 Å². The number of halogens is 3. The molecule has 0 spiro atoms. The highest BCUT2D eigenvalue weighted by Crippen LogP contribution is 2.32. The molecule has 0 saturated carbocycles. The molecule has 0 aliphatic rings. The first-order chi connectivity index (χ1) is 16.4. The number of anilines is 1. The van der Waals surface area contributed by atoms with Crippen LogP contribution < -0.4 is 10.1 Å². The van der Waals surface area contributed by atoms with Gasteiger partial charge in [-0.05, 0) is 51.4 Å². The fraction of sp³-hybridized carbons (Fsp3) is 0.348. The summed E-state index contributed by atoms with van der Waals surface area (Å²) in [5.41, 5.74) is -4.09. The Hall–Kier alpha value is -4.16. The molecule has 0 radical (unpaired) electrons. The van der Waals surface area contributed by atoms with E-state index in [1.165, 1.54) is 37.3 Å². The van der Waals surface area contributed by atoms with E-state index in [0.717, 1.165) is 6.20 Å². The first-order valence-corrected chi connectivity index (χ1v) is 10.2. The molecule has 0 unspecified atom stereocenters. The summed E-state index contributed by atoms with van der Waals surface area (Å²) in [5, 5.41) is 20.0. The van der Waals surface area contributed by atoms with E-state index in [2.05, 4.69) is 10.3 Å². The number of alkyl halides is 3. The van der Waals surface area contributed by atoms with Crippen molar-refractivity contribution in [2.24, 2.45) is 0 Å². The van der Waals surface area contributed by atoms with Gasteiger partial charge < -0.3 is 19.7 Å². The molecule has 35 heavy (non-hydrogen) atoms. The van der Waals surface area contributed by atoms with Crippen LogP contribution in [-0.2, 0) is 20.5 Å². The Morgan fingerprint density at radius 2 is 1.80 bits per heavy atom. The number of ether oxygens (including phenoxy) is 2. The molecule has 2 rings (SSSR count). The van der Waals surface area contributed by atoms with E-state index in [1.807, 2.05) is 6.07 Å². The number of carbonyl (C=O) groups excluding carboxylic acids is 2. The fourth-order valence-electron chi connectivity index (χ4n) is 2.71. The molecule has 1 amide bonds. The molecule has 1 N–H and O–H groups in total. The van der Waals surface area contributed by atoms with Crippen molar-refractivity contribution in [3.05, 3.63) is 53.3 Å². The minimum absolute atomic E-state index is 0.0522. The molecule has 1 atom stereocenters. The van der Waals surface area contributed by atoms with Gasteiger partial charge in [-0.2, -0.15) is 23.7 Å². The Morgan fingerprint density at radius 3 is 2.34 bits per heavy atom. The monoisotopic (exact) mass is 489 g/mol. The van der Waals surface area contributed by atoms with Gasteiger partial charge in [0.05, 0.1) is 35.5 Å². The molecule has 184 valence electrons. The molecule has 1 heterocycles. The molecule has 2 aromatic rings. The van der Waals surface area contributed by atoms with Gasteiger partial charge >= 0.3 is 12.1 Å². The third-order valence-electron chi connectivity index (χ3n) is 4.64. The minimum atomic E-state index is -4.88. The van der Waals surface area contributed by atoms with Crippen LogP contribution in [0.15, 0.2) is 36.5 Å². The highest BCUT2D eigenvalue weighted by molar-refractivity contribution is 5.98. The highest BCUT2D eigenvalue weighted by atomic mass is 19.4. The number of carbonyl (C=O) groups is 2. The topological polar surface area (TPSA) is 128 Å². The van der Waals surface area contributed by atoms with Crippen LogP contribution in [0.4, 0.5) is 18.9 Å². The lowest BCUT2D eigenvalue weighted by molar-refractivity contribution is -0.167. The Labute approximate surface area is 199 Å². The lowest BCUT2D eigenvalue weighted by Gasteiger charge is -2.28. The summed E-state index contributed by atoms with van der Waals surface area (Å²) >= 11 is 0. The van der Waals surface area contributed by atoms with Crippen molar-refractivity contribution in [2.75, 3.05) is 32.6 Å². The van der Waals surface area contributed by atoms with Crippen LogP contribution in [0, 0.1) is 22.7 Å². The molecule has 0 bridgehead atoms. The number of hydrogen-bond acceptors (Lipinski definition) is 8. The van der Waals surface area contributed by atoms with Crippen LogP contribution in [0.25, 0.3) is 0 Å². The summed E-state index contributed by atoms with van der Waals surface area (Å²) in [4.78, 5) is 30.6. The first-order valence-electron chi connectivity index (χ1n) is 10.2. The van der Waals surface area contributed by atoms with Gasteiger partial charge in [0, 0.05) is 6.54 Å². The maximum absolute atomic E-state index is 13.3. The fourth-order valence-corrected chi connectivity index (χ4v) is 2.71. The predicted molar refractivity (Wildman–Crippen MR) is 117 cm³/mol.